The van der Waals surface area contributed by atoms with Gasteiger partial charge in [-0.15, -0.1) is 0 Å². The van der Waals surface area contributed by atoms with E-state index in [1.807, 2.05) is 18.3 Å². The number of aromatic nitrogens is 3. The molecular weight excluding hydrogens is 643 g/mol. The van der Waals surface area contributed by atoms with E-state index in [-0.39, 0.29) is 5.41 Å². The summed E-state index contributed by atoms with van der Waals surface area (Å²) in [6.07, 6.45) is 3.70. The Morgan fingerprint density at radius 2 is 1.06 bits per heavy atom. The molecule has 0 saturated carbocycles. The van der Waals surface area contributed by atoms with Gasteiger partial charge in [-0.25, -0.2) is 9.97 Å². The molecule has 0 radical (unpaired) electrons. The minimum Gasteiger partial charge on any atom is -0.264 e. The molecule has 0 atom stereocenters. The summed E-state index contributed by atoms with van der Waals surface area (Å²) in [6, 6.07) is 58.5. The monoisotopic (exact) mass is 677 g/mol. The van der Waals surface area contributed by atoms with Crippen molar-refractivity contribution in [3.8, 4) is 67.3 Å². The Bertz CT molecular complexity index is 2840. The first kappa shape index (κ1) is 31.1. The lowest BCUT2D eigenvalue weighted by molar-refractivity contribution is 0.666. The molecule has 0 unspecified atom stereocenters. The Labute approximate surface area is 309 Å². The van der Waals surface area contributed by atoms with Crippen LogP contribution in [-0.2, 0) is 5.41 Å². The highest BCUT2D eigenvalue weighted by molar-refractivity contribution is 6.09. The van der Waals surface area contributed by atoms with Gasteiger partial charge in [0.1, 0.15) is 0 Å². The third-order valence-corrected chi connectivity index (χ3v) is 11.0. The maximum Gasteiger partial charge on any atom is 0.161 e. The van der Waals surface area contributed by atoms with E-state index in [0.29, 0.717) is 5.82 Å². The summed E-state index contributed by atoms with van der Waals surface area (Å²) in [5.74, 6) is 0.705. The van der Waals surface area contributed by atoms with Gasteiger partial charge in [-0.3, -0.25) is 4.98 Å². The zero-order chi connectivity index (χ0) is 35.5. The van der Waals surface area contributed by atoms with Crippen LogP contribution in [0.25, 0.3) is 88.8 Å². The molecule has 0 amide bonds. The van der Waals surface area contributed by atoms with Gasteiger partial charge in [0.2, 0.25) is 0 Å². The summed E-state index contributed by atoms with van der Waals surface area (Å²) in [5.41, 5.74) is 14.8. The van der Waals surface area contributed by atoms with Crippen LogP contribution in [0.15, 0.2) is 176 Å². The first-order chi connectivity index (χ1) is 26.0. The standard InChI is InChI=1S/C50H35N3/c1-50(2)44-20-10-19-41(47(44)43-26-25-33-12-6-7-16-37(33)48(43)50)40-27-28-42(39-18-9-8-17-38(39)40)49-52-45(34-13-4-3-5-14-34)30-46(53-49)35-23-21-32(22-24-35)36-15-11-29-51-31-36/h3-31H,1-2H3. The highest BCUT2D eigenvalue weighted by Gasteiger charge is 2.38. The van der Waals surface area contributed by atoms with E-state index in [4.69, 9.17) is 9.97 Å². The second kappa shape index (κ2) is 12.2. The lowest BCUT2D eigenvalue weighted by atomic mass is 9.80. The SMILES string of the molecule is CC1(C)c2cccc(-c3ccc(-c4nc(-c5ccccc5)cc(-c5ccc(-c6cccnc6)cc5)n4)c4ccccc34)c2-c2ccc3ccccc3c21. The van der Waals surface area contributed by atoms with Gasteiger partial charge in [0.25, 0.3) is 0 Å². The fourth-order valence-electron chi connectivity index (χ4n) is 8.44. The second-order valence-electron chi connectivity index (χ2n) is 14.4. The summed E-state index contributed by atoms with van der Waals surface area (Å²) < 4.78 is 0. The Balaban J connectivity index is 1.15. The number of benzene rings is 7. The van der Waals surface area contributed by atoms with Crippen LogP contribution in [0.5, 0.6) is 0 Å². The molecular formula is C50H35N3. The minimum atomic E-state index is -0.129. The van der Waals surface area contributed by atoms with Crippen molar-refractivity contribution >= 4 is 21.5 Å². The maximum absolute atomic E-state index is 5.27. The molecule has 0 bridgehead atoms. The van der Waals surface area contributed by atoms with Crippen molar-refractivity contribution < 1.29 is 0 Å². The van der Waals surface area contributed by atoms with Crippen molar-refractivity contribution in [2.45, 2.75) is 19.3 Å². The van der Waals surface area contributed by atoms with Crippen LogP contribution in [0.4, 0.5) is 0 Å². The molecule has 0 saturated heterocycles. The largest absolute Gasteiger partial charge is 0.264 e. The van der Waals surface area contributed by atoms with Crippen LogP contribution >= 0.6 is 0 Å². The molecule has 0 N–H and O–H groups in total. The number of rotatable bonds is 5. The first-order valence-corrected chi connectivity index (χ1v) is 18.2. The third kappa shape index (κ3) is 5.08. The molecule has 0 spiro atoms. The lowest BCUT2D eigenvalue weighted by Crippen LogP contribution is -2.15. The molecule has 7 aromatic carbocycles. The molecule has 250 valence electrons. The van der Waals surface area contributed by atoms with Gasteiger partial charge in [-0.1, -0.05) is 159 Å². The summed E-state index contributed by atoms with van der Waals surface area (Å²) in [5, 5.41) is 4.92. The van der Waals surface area contributed by atoms with Crippen molar-refractivity contribution in [2.75, 3.05) is 0 Å². The molecule has 3 nitrogen and oxygen atoms in total. The minimum absolute atomic E-state index is 0.129. The molecule has 9 aromatic rings. The van der Waals surface area contributed by atoms with E-state index in [9.17, 15) is 0 Å². The van der Waals surface area contributed by atoms with Crippen LogP contribution < -0.4 is 0 Å². The fourth-order valence-corrected chi connectivity index (χ4v) is 8.44. The van der Waals surface area contributed by atoms with E-state index < -0.39 is 0 Å². The Morgan fingerprint density at radius 1 is 0.434 bits per heavy atom. The molecule has 1 aliphatic rings. The van der Waals surface area contributed by atoms with Crippen molar-refractivity contribution in [1.29, 1.82) is 0 Å². The topological polar surface area (TPSA) is 38.7 Å². The van der Waals surface area contributed by atoms with E-state index >= 15 is 0 Å². The van der Waals surface area contributed by atoms with Gasteiger partial charge in [-0.2, -0.15) is 0 Å². The molecule has 0 fully saturated rings. The van der Waals surface area contributed by atoms with Crippen LogP contribution in [-0.4, -0.2) is 15.0 Å². The van der Waals surface area contributed by atoms with Crippen molar-refractivity contribution in [1.82, 2.24) is 15.0 Å². The van der Waals surface area contributed by atoms with Gasteiger partial charge in [0, 0.05) is 34.5 Å². The Kier molecular flexibility index (Phi) is 7.16. The number of hydrogen-bond donors (Lipinski definition) is 0. The molecule has 53 heavy (non-hydrogen) atoms. The first-order valence-electron chi connectivity index (χ1n) is 18.2. The molecule has 0 aliphatic heterocycles. The summed E-state index contributed by atoms with van der Waals surface area (Å²) in [6.45, 7) is 4.74. The van der Waals surface area contributed by atoms with E-state index in [1.165, 1.54) is 49.5 Å². The smallest absolute Gasteiger partial charge is 0.161 e. The normalized spacial score (nSPS) is 12.9. The summed E-state index contributed by atoms with van der Waals surface area (Å²) in [7, 11) is 0. The van der Waals surface area contributed by atoms with E-state index in [0.717, 1.165) is 44.6 Å². The Morgan fingerprint density at radius 3 is 1.81 bits per heavy atom. The average molecular weight is 678 g/mol. The zero-order valence-electron chi connectivity index (χ0n) is 29.6. The van der Waals surface area contributed by atoms with Crippen molar-refractivity contribution in [3.05, 3.63) is 187 Å². The van der Waals surface area contributed by atoms with Gasteiger partial charge in [0.05, 0.1) is 11.4 Å². The van der Waals surface area contributed by atoms with Crippen molar-refractivity contribution in [3.63, 3.8) is 0 Å². The molecule has 1 aliphatic carbocycles. The zero-order valence-corrected chi connectivity index (χ0v) is 29.6. The van der Waals surface area contributed by atoms with Gasteiger partial charge in [0.15, 0.2) is 5.82 Å². The molecule has 3 heteroatoms. The van der Waals surface area contributed by atoms with Gasteiger partial charge < -0.3 is 0 Å². The predicted octanol–water partition coefficient (Wildman–Crippen LogP) is 12.8. The molecule has 10 rings (SSSR count). The quantitative estimate of drug-likeness (QED) is 0.182. The fraction of sp³-hybridized carbons (Fsp3) is 0.0600. The van der Waals surface area contributed by atoms with Crippen LogP contribution in [0.1, 0.15) is 25.0 Å². The maximum atomic E-state index is 5.27. The number of pyridine rings is 1. The number of fused-ring (bicyclic) bond motifs is 6. The van der Waals surface area contributed by atoms with Crippen molar-refractivity contribution in [2.24, 2.45) is 0 Å². The average Bonchev–Trinajstić information content (AvgIpc) is 3.47. The summed E-state index contributed by atoms with van der Waals surface area (Å²) in [4.78, 5) is 14.8. The number of nitrogens with zero attached hydrogens (tertiary/aromatic N) is 3. The van der Waals surface area contributed by atoms with Gasteiger partial charge >= 0.3 is 0 Å². The predicted molar refractivity (Wildman–Crippen MR) is 220 cm³/mol. The van der Waals surface area contributed by atoms with Gasteiger partial charge in [-0.05, 0) is 84.3 Å². The molecule has 2 aromatic heterocycles. The van der Waals surface area contributed by atoms with Crippen LogP contribution in [0.3, 0.4) is 0 Å². The molecule has 2 heterocycles. The second-order valence-corrected chi connectivity index (χ2v) is 14.4. The van der Waals surface area contributed by atoms with Crippen LogP contribution in [0.2, 0.25) is 0 Å². The summed E-state index contributed by atoms with van der Waals surface area (Å²) >= 11 is 0. The van der Waals surface area contributed by atoms with Crippen LogP contribution in [0, 0.1) is 0 Å². The van der Waals surface area contributed by atoms with E-state index in [1.54, 1.807) is 6.20 Å². The van der Waals surface area contributed by atoms with E-state index in [2.05, 4.69) is 170 Å². The lowest BCUT2D eigenvalue weighted by Gasteiger charge is -2.23. The number of hydrogen-bond acceptors (Lipinski definition) is 3. The highest BCUT2D eigenvalue weighted by atomic mass is 14.9. The highest BCUT2D eigenvalue weighted by Crippen LogP contribution is 2.55. The third-order valence-electron chi connectivity index (χ3n) is 11.0. The Hall–Kier alpha value is -6.71.